The van der Waals surface area contributed by atoms with Crippen molar-refractivity contribution in [3.8, 4) is 0 Å². The maximum absolute atomic E-state index is 10.5. The molecule has 0 unspecified atom stereocenters. The zero-order valence-electron chi connectivity index (χ0n) is 6.99. The number of rotatable bonds is 3. The van der Waals surface area contributed by atoms with E-state index in [1.807, 2.05) is 0 Å². The third-order valence-corrected chi connectivity index (χ3v) is 0.947. The van der Waals surface area contributed by atoms with Gasteiger partial charge in [0.05, 0.1) is 12.8 Å². The third kappa shape index (κ3) is 5.28. The number of carbonyl (C=O) groups excluding carboxylic acids is 2. The van der Waals surface area contributed by atoms with Gasteiger partial charge in [0.2, 0.25) is 0 Å². The van der Waals surface area contributed by atoms with Gasteiger partial charge in [0.15, 0.2) is 0 Å². The molecular weight excluding hydrogens is 162 g/mol. The maximum Gasteiger partial charge on any atom is 0.332 e. The van der Waals surface area contributed by atoms with Gasteiger partial charge in [-0.25, -0.2) is 4.79 Å². The Bertz CT molecular complexity index is 209. The summed E-state index contributed by atoms with van der Waals surface area (Å²) in [6.07, 6.45) is 1.06. The zero-order chi connectivity index (χ0) is 9.56. The van der Waals surface area contributed by atoms with Gasteiger partial charge in [-0.3, -0.25) is 4.79 Å². The van der Waals surface area contributed by atoms with Crippen molar-refractivity contribution >= 4 is 11.9 Å². The van der Waals surface area contributed by atoms with E-state index >= 15 is 0 Å². The van der Waals surface area contributed by atoms with Crippen LogP contribution >= 0.6 is 0 Å². The van der Waals surface area contributed by atoms with E-state index < -0.39 is 11.9 Å². The van der Waals surface area contributed by atoms with Crippen LogP contribution in [0.25, 0.3) is 0 Å². The Morgan fingerprint density at radius 1 is 1.50 bits per heavy atom. The van der Waals surface area contributed by atoms with Crippen molar-refractivity contribution in [1.29, 1.82) is 0 Å². The first kappa shape index (κ1) is 10.5. The van der Waals surface area contributed by atoms with Gasteiger partial charge in [0.1, 0.15) is 6.61 Å². The van der Waals surface area contributed by atoms with Crippen molar-refractivity contribution in [1.82, 2.24) is 0 Å². The second-order valence-corrected chi connectivity index (χ2v) is 2.02. The Labute approximate surface area is 70.1 Å². The molecule has 0 radical (unpaired) electrons. The number of esters is 2. The monoisotopic (exact) mass is 173 g/mol. The summed E-state index contributed by atoms with van der Waals surface area (Å²) in [7, 11) is 1.23. The summed E-state index contributed by atoms with van der Waals surface area (Å²) in [6.45, 7) is 1.16. The molecule has 0 rings (SSSR count). The summed E-state index contributed by atoms with van der Waals surface area (Å²) in [4.78, 5) is 20.8. The molecule has 0 bridgehead atoms. The highest BCUT2D eigenvalue weighted by Crippen LogP contribution is 1.88. The standard InChI is InChI=1S/C7H11NO4/c1-5(9)12-4-6(8)3-7(10)11-2/h3H,4,8H2,1-2H3. The minimum Gasteiger partial charge on any atom is -0.466 e. The van der Waals surface area contributed by atoms with Crippen LogP contribution in [0.3, 0.4) is 0 Å². The molecular formula is C7H11NO4. The molecule has 0 heterocycles. The molecule has 0 aliphatic heterocycles. The first-order chi connectivity index (χ1) is 5.56. The molecule has 0 saturated carbocycles. The summed E-state index contributed by atoms with van der Waals surface area (Å²) in [5.41, 5.74) is 5.43. The Morgan fingerprint density at radius 3 is 2.50 bits per heavy atom. The quantitative estimate of drug-likeness (QED) is 0.462. The van der Waals surface area contributed by atoms with E-state index in [0.717, 1.165) is 6.08 Å². The number of methoxy groups -OCH3 is 1. The van der Waals surface area contributed by atoms with E-state index in [1.165, 1.54) is 14.0 Å². The van der Waals surface area contributed by atoms with Gasteiger partial charge in [0, 0.05) is 13.0 Å². The van der Waals surface area contributed by atoms with E-state index in [0.29, 0.717) is 0 Å². The van der Waals surface area contributed by atoms with E-state index in [2.05, 4.69) is 9.47 Å². The van der Waals surface area contributed by atoms with Crippen molar-refractivity contribution in [3.63, 3.8) is 0 Å². The van der Waals surface area contributed by atoms with Crippen molar-refractivity contribution < 1.29 is 19.1 Å². The van der Waals surface area contributed by atoms with E-state index in [1.54, 1.807) is 0 Å². The molecule has 0 aromatic heterocycles. The number of nitrogens with two attached hydrogens (primary N) is 1. The van der Waals surface area contributed by atoms with Crippen molar-refractivity contribution in [3.05, 3.63) is 11.8 Å². The topological polar surface area (TPSA) is 78.6 Å². The van der Waals surface area contributed by atoms with Crippen LogP contribution in [0, 0.1) is 0 Å². The molecule has 0 fully saturated rings. The van der Waals surface area contributed by atoms with Crippen LogP contribution < -0.4 is 5.73 Å². The molecule has 12 heavy (non-hydrogen) atoms. The molecule has 0 aliphatic carbocycles. The molecule has 5 heteroatoms. The van der Waals surface area contributed by atoms with Crippen LogP contribution in [-0.2, 0) is 19.1 Å². The average Bonchev–Trinajstić information content (AvgIpc) is 2.00. The predicted molar refractivity (Wildman–Crippen MR) is 40.9 cm³/mol. The van der Waals surface area contributed by atoms with Gasteiger partial charge >= 0.3 is 11.9 Å². The summed E-state index contributed by atoms with van der Waals surface area (Å²) >= 11 is 0. The minimum absolute atomic E-state index is 0.0928. The number of ether oxygens (including phenoxy) is 2. The number of hydrogen-bond acceptors (Lipinski definition) is 5. The van der Waals surface area contributed by atoms with Crippen LogP contribution in [0.1, 0.15) is 6.92 Å². The summed E-state index contributed by atoms with van der Waals surface area (Å²) in [5.74, 6) is -1.02. The Kier molecular flexibility index (Phi) is 4.52. The largest absolute Gasteiger partial charge is 0.466 e. The molecule has 0 amide bonds. The summed E-state index contributed by atoms with van der Waals surface area (Å²) in [6, 6.07) is 0. The lowest BCUT2D eigenvalue weighted by Gasteiger charge is -2.00. The number of hydrogen-bond donors (Lipinski definition) is 1. The van der Waals surface area contributed by atoms with Gasteiger partial charge < -0.3 is 15.2 Å². The SMILES string of the molecule is COC(=O)C=C(N)COC(C)=O. The van der Waals surface area contributed by atoms with Crippen LogP contribution in [-0.4, -0.2) is 25.7 Å². The first-order valence-electron chi connectivity index (χ1n) is 3.23. The molecule has 0 aliphatic rings. The van der Waals surface area contributed by atoms with Gasteiger partial charge in [-0.05, 0) is 0 Å². The van der Waals surface area contributed by atoms with E-state index in [9.17, 15) is 9.59 Å². The van der Waals surface area contributed by atoms with Crippen LogP contribution in [0.5, 0.6) is 0 Å². The van der Waals surface area contributed by atoms with E-state index in [-0.39, 0.29) is 12.3 Å². The van der Waals surface area contributed by atoms with Crippen LogP contribution in [0.15, 0.2) is 11.8 Å². The third-order valence-electron chi connectivity index (χ3n) is 0.947. The highest BCUT2D eigenvalue weighted by Gasteiger charge is 1.98. The van der Waals surface area contributed by atoms with E-state index in [4.69, 9.17) is 5.73 Å². The normalized spacial score (nSPS) is 10.7. The first-order valence-corrected chi connectivity index (χ1v) is 3.23. The predicted octanol–water partition coefficient (Wildman–Crippen LogP) is -0.435. The Balaban J connectivity index is 3.85. The summed E-state index contributed by atoms with van der Waals surface area (Å²) < 4.78 is 8.80. The molecule has 0 aromatic carbocycles. The molecule has 2 N–H and O–H groups in total. The zero-order valence-corrected chi connectivity index (χ0v) is 6.99. The lowest BCUT2D eigenvalue weighted by molar-refractivity contribution is -0.140. The second-order valence-electron chi connectivity index (χ2n) is 2.02. The van der Waals surface area contributed by atoms with Crippen molar-refractivity contribution in [2.75, 3.05) is 13.7 Å². The fraction of sp³-hybridized carbons (Fsp3) is 0.429. The lowest BCUT2D eigenvalue weighted by Crippen LogP contribution is -2.12. The Hall–Kier alpha value is -1.52. The smallest absolute Gasteiger partial charge is 0.332 e. The summed E-state index contributed by atoms with van der Waals surface area (Å²) in [5, 5.41) is 0. The molecule has 0 atom stereocenters. The highest BCUT2D eigenvalue weighted by molar-refractivity contribution is 5.82. The molecule has 0 spiro atoms. The molecule has 0 aromatic rings. The van der Waals surface area contributed by atoms with Crippen molar-refractivity contribution in [2.45, 2.75) is 6.92 Å². The van der Waals surface area contributed by atoms with Gasteiger partial charge in [0.25, 0.3) is 0 Å². The Morgan fingerprint density at radius 2 is 2.08 bits per heavy atom. The molecule has 0 saturated heterocycles. The fourth-order valence-corrected chi connectivity index (χ4v) is 0.437. The van der Waals surface area contributed by atoms with Crippen LogP contribution in [0.4, 0.5) is 0 Å². The number of carbonyl (C=O) groups is 2. The van der Waals surface area contributed by atoms with Gasteiger partial charge in [-0.15, -0.1) is 0 Å². The lowest BCUT2D eigenvalue weighted by atomic mass is 10.4. The van der Waals surface area contributed by atoms with Gasteiger partial charge in [-0.1, -0.05) is 0 Å². The fourth-order valence-electron chi connectivity index (χ4n) is 0.437. The average molecular weight is 173 g/mol. The second kappa shape index (κ2) is 5.17. The minimum atomic E-state index is -0.570. The van der Waals surface area contributed by atoms with Crippen LogP contribution in [0.2, 0.25) is 0 Å². The van der Waals surface area contributed by atoms with Gasteiger partial charge in [-0.2, -0.15) is 0 Å². The molecule has 5 nitrogen and oxygen atoms in total. The highest BCUT2D eigenvalue weighted by atomic mass is 16.5. The maximum atomic E-state index is 10.5. The molecule has 68 valence electrons. The van der Waals surface area contributed by atoms with Crippen molar-refractivity contribution in [2.24, 2.45) is 5.73 Å².